The van der Waals surface area contributed by atoms with Crippen LogP contribution < -0.4 is 16.6 Å². The molecule has 1 fully saturated rings. The Morgan fingerprint density at radius 3 is 2.46 bits per heavy atom. The van der Waals surface area contributed by atoms with E-state index in [4.69, 9.17) is 13.8 Å². The summed E-state index contributed by atoms with van der Waals surface area (Å²) in [7, 11) is -2.49. The second kappa shape index (κ2) is 12.5. The molecule has 1 saturated heterocycles. The summed E-state index contributed by atoms with van der Waals surface area (Å²) in [5.74, 6) is -1.50. The number of aliphatic hydroxyl groups excluding tert-OH is 3. The molecule has 2 heterocycles. The number of aromatic amines is 1. The Labute approximate surface area is 200 Å². The predicted octanol–water partition coefficient (Wildman–Crippen LogP) is -1.95. The van der Waals surface area contributed by atoms with E-state index >= 15 is 0 Å². The van der Waals surface area contributed by atoms with Crippen LogP contribution in [0, 0.1) is 0 Å². The van der Waals surface area contributed by atoms with Crippen LogP contribution in [0.25, 0.3) is 0 Å². The molecule has 16 heteroatoms. The average Bonchev–Trinajstić information content (AvgIpc) is 3.10. The second-order valence-corrected chi connectivity index (χ2v) is 9.60. The van der Waals surface area contributed by atoms with Gasteiger partial charge < -0.3 is 25.4 Å². The fraction of sp³-hybridized carbons (Fsp3) is 0.684. The van der Waals surface area contributed by atoms with Crippen molar-refractivity contribution >= 4 is 19.6 Å². The highest BCUT2D eigenvalue weighted by atomic mass is 31.2. The van der Waals surface area contributed by atoms with Gasteiger partial charge in [0.2, 0.25) is 5.91 Å². The van der Waals surface area contributed by atoms with Gasteiger partial charge in [-0.2, -0.15) is 0 Å². The largest absolute Gasteiger partial charge is 0.437 e. The van der Waals surface area contributed by atoms with Crippen molar-refractivity contribution in [3.63, 3.8) is 0 Å². The molecule has 0 aliphatic carbocycles. The molecule has 198 valence electrons. The highest BCUT2D eigenvalue weighted by Crippen LogP contribution is 2.51. The summed E-state index contributed by atoms with van der Waals surface area (Å²) in [5.41, 5.74) is -1.60. The first kappa shape index (κ1) is 28.8. The van der Waals surface area contributed by atoms with Crippen molar-refractivity contribution < 1.29 is 43.3 Å². The molecule has 0 bridgehead atoms. The van der Waals surface area contributed by atoms with Crippen molar-refractivity contribution in [2.45, 2.75) is 57.3 Å². The van der Waals surface area contributed by atoms with Crippen molar-refractivity contribution in [2.75, 3.05) is 26.8 Å². The number of nitrogens with zero attached hydrogens (tertiary/aromatic N) is 2. The van der Waals surface area contributed by atoms with Crippen LogP contribution in [0.1, 0.15) is 32.9 Å². The van der Waals surface area contributed by atoms with Gasteiger partial charge in [0.25, 0.3) is 11.5 Å². The molecule has 0 radical (unpaired) electrons. The van der Waals surface area contributed by atoms with E-state index in [-0.39, 0.29) is 32.6 Å². The van der Waals surface area contributed by atoms with Crippen LogP contribution in [0.5, 0.6) is 0 Å². The summed E-state index contributed by atoms with van der Waals surface area (Å²) in [6.45, 7) is 3.30. The molecule has 1 aromatic heterocycles. The zero-order valence-corrected chi connectivity index (χ0v) is 20.4. The summed E-state index contributed by atoms with van der Waals surface area (Å²) in [6.07, 6.45) is -7.31. The summed E-state index contributed by atoms with van der Waals surface area (Å²) >= 11 is 0. The van der Waals surface area contributed by atoms with E-state index in [0.717, 1.165) is 21.5 Å². The quantitative estimate of drug-likeness (QED) is 0.150. The first-order valence-corrected chi connectivity index (χ1v) is 12.4. The van der Waals surface area contributed by atoms with Crippen LogP contribution in [-0.2, 0) is 27.9 Å². The number of rotatable bonds is 12. The Balaban J connectivity index is 1.90. The molecular formula is C19H31N4O11P. The van der Waals surface area contributed by atoms with Crippen LogP contribution in [-0.4, -0.2) is 92.6 Å². The third kappa shape index (κ3) is 6.85. The average molecular weight is 522 g/mol. The molecule has 0 spiro atoms. The van der Waals surface area contributed by atoms with E-state index in [0.29, 0.717) is 0 Å². The molecule has 1 aromatic rings. The van der Waals surface area contributed by atoms with Gasteiger partial charge in [0, 0.05) is 32.3 Å². The second-order valence-electron chi connectivity index (χ2n) is 7.55. The lowest BCUT2D eigenvalue weighted by molar-refractivity contribution is -0.143. The number of amides is 2. The SMILES string of the molecule is CCOP(=O)(OCC)N(C)C(=O)CCCNC(=O)C(O)[C@H]1O[C@@H](n2ccc(=O)[nH]c2=O)[C@H](O)[C@@H]1O. The number of hydrogen-bond donors (Lipinski definition) is 5. The lowest BCUT2D eigenvalue weighted by Crippen LogP contribution is -2.47. The van der Waals surface area contributed by atoms with Crippen molar-refractivity contribution in [1.82, 2.24) is 19.5 Å². The molecule has 2 rings (SSSR count). The minimum Gasteiger partial charge on any atom is -0.387 e. The maximum atomic E-state index is 12.6. The maximum Gasteiger partial charge on any atom is 0.437 e. The van der Waals surface area contributed by atoms with Gasteiger partial charge in [-0.3, -0.25) is 37.7 Å². The van der Waals surface area contributed by atoms with E-state index in [2.05, 4.69) is 5.32 Å². The zero-order valence-electron chi connectivity index (χ0n) is 19.5. The third-order valence-electron chi connectivity index (χ3n) is 5.16. The predicted molar refractivity (Wildman–Crippen MR) is 119 cm³/mol. The monoisotopic (exact) mass is 522 g/mol. The molecule has 1 unspecified atom stereocenters. The van der Waals surface area contributed by atoms with Gasteiger partial charge in [-0.25, -0.2) is 9.36 Å². The van der Waals surface area contributed by atoms with Gasteiger partial charge in [-0.15, -0.1) is 0 Å². The maximum absolute atomic E-state index is 12.6. The summed E-state index contributed by atoms with van der Waals surface area (Å²) in [4.78, 5) is 49.8. The third-order valence-corrected chi connectivity index (χ3v) is 7.29. The normalized spacial score (nSPS) is 23.1. The van der Waals surface area contributed by atoms with Gasteiger partial charge >= 0.3 is 13.4 Å². The Morgan fingerprint density at radius 1 is 1.26 bits per heavy atom. The van der Waals surface area contributed by atoms with E-state index in [1.165, 1.54) is 7.05 Å². The Kier molecular flexibility index (Phi) is 10.3. The van der Waals surface area contributed by atoms with E-state index in [9.17, 15) is 39.1 Å². The Morgan fingerprint density at radius 2 is 1.89 bits per heavy atom. The number of carbonyl (C=O) groups excluding carboxylic acids is 2. The highest BCUT2D eigenvalue weighted by molar-refractivity contribution is 7.52. The van der Waals surface area contributed by atoms with E-state index in [1.807, 2.05) is 4.98 Å². The van der Waals surface area contributed by atoms with Crippen LogP contribution in [0.15, 0.2) is 21.9 Å². The van der Waals surface area contributed by atoms with Crippen LogP contribution in [0.3, 0.4) is 0 Å². The fourth-order valence-electron chi connectivity index (χ4n) is 3.34. The highest BCUT2D eigenvalue weighted by Gasteiger charge is 2.49. The summed E-state index contributed by atoms with van der Waals surface area (Å²) < 4.78 is 29.9. The van der Waals surface area contributed by atoms with Crippen molar-refractivity contribution in [2.24, 2.45) is 0 Å². The number of H-pyrrole nitrogens is 1. The molecule has 0 aromatic carbocycles. The first-order valence-electron chi connectivity index (χ1n) is 10.9. The zero-order chi connectivity index (χ0) is 26.3. The molecule has 35 heavy (non-hydrogen) atoms. The number of carbonyl (C=O) groups is 2. The van der Waals surface area contributed by atoms with Gasteiger partial charge in [0.15, 0.2) is 12.3 Å². The summed E-state index contributed by atoms with van der Waals surface area (Å²) in [6, 6.07) is 1.00. The lowest BCUT2D eigenvalue weighted by atomic mass is 10.0. The molecule has 5 atom stereocenters. The molecule has 5 N–H and O–H groups in total. The molecule has 1 aliphatic heterocycles. The summed E-state index contributed by atoms with van der Waals surface area (Å²) in [5, 5.41) is 33.1. The Hall–Kier alpha value is -2.39. The van der Waals surface area contributed by atoms with Crippen LogP contribution >= 0.6 is 7.75 Å². The molecule has 0 saturated carbocycles. The van der Waals surface area contributed by atoms with Gasteiger partial charge in [-0.1, -0.05) is 0 Å². The molecule has 15 nitrogen and oxygen atoms in total. The van der Waals surface area contributed by atoms with Crippen molar-refractivity contribution in [3.05, 3.63) is 33.1 Å². The number of nitrogens with one attached hydrogen (secondary N) is 2. The number of aliphatic hydroxyl groups is 3. The minimum atomic E-state index is -3.77. The number of ether oxygens (including phenoxy) is 1. The van der Waals surface area contributed by atoms with E-state index in [1.54, 1.807) is 13.8 Å². The van der Waals surface area contributed by atoms with Gasteiger partial charge in [0.05, 0.1) is 13.2 Å². The topological polar surface area (TPSA) is 210 Å². The number of hydrogen-bond acceptors (Lipinski definition) is 11. The standard InChI is InChI=1S/C19H31N4O11P/c1-4-32-35(31,33-5-2)22(3)12(25)7-6-9-20-17(29)15(28)16-13(26)14(27)18(34-16)23-10-8-11(24)21-19(23)30/h8,10,13-16,18,26-28H,4-7,9H2,1-3H3,(H,20,29)(H,21,24,30)/t13-,14+,15?,16-,18+/m0/s1. The van der Waals surface area contributed by atoms with Crippen LogP contribution in [0.2, 0.25) is 0 Å². The fourth-order valence-corrected chi connectivity index (χ4v) is 4.79. The van der Waals surface area contributed by atoms with E-state index < -0.39 is 61.5 Å². The van der Waals surface area contributed by atoms with Crippen LogP contribution in [0.4, 0.5) is 0 Å². The number of aromatic nitrogens is 2. The first-order chi connectivity index (χ1) is 16.5. The molecular weight excluding hydrogens is 491 g/mol. The minimum absolute atomic E-state index is 0.0583. The van der Waals surface area contributed by atoms with Gasteiger partial charge in [-0.05, 0) is 20.3 Å². The lowest BCUT2D eigenvalue weighted by Gasteiger charge is -2.26. The van der Waals surface area contributed by atoms with Gasteiger partial charge in [0.1, 0.15) is 18.3 Å². The Bertz CT molecular complexity index is 1030. The van der Waals surface area contributed by atoms with Crippen molar-refractivity contribution in [3.8, 4) is 0 Å². The molecule has 2 amide bonds. The van der Waals surface area contributed by atoms with Crippen molar-refractivity contribution in [1.29, 1.82) is 0 Å². The smallest absolute Gasteiger partial charge is 0.387 e. The molecule has 1 aliphatic rings.